The van der Waals surface area contributed by atoms with Crippen molar-refractivity contribution in [1.29, 1.82) is 0 Å². The van der Waals surface area contributed by atoms with Crippen molar-refractivity contribution in [2.75, 3.05) is 0 Å². The maximum atomic E-state index is 2.35. The summed E-state index contributed by atoms with van der Waals surface area (Å²) in [5, 5.41) is 0. The van der Waals surface area contributed by atoms with Crippen LogP contribution in [0.2, 0.25) is 0 Å². The van der Waals surface area contributed by atoms with E-state index < -0.39 is 0 Å². The van der Waals surface area contributed by atoms with E-state index in [4.69, 9.17) is 0 Å². The van der Waals surface area contributed by atoms with E-state index in [2.05, 4.69) is 37.3 Å². The van der Waals surface area contributed by atoms with Gasteiger partial charge in [-0.15, -0.1) is 0 Å². The number of allylic oxidation sites excluding steroid dienone is 8. The fourth-order valence-electron chi connectivity index (χ4n) is 1.64. The molecule has 0 bridgehead atoms. The van der Waals surface area contributed by atoms with Gasteiger partial charge in [-0.3, -0.25) is 0 Å². The van der Waals surface area contributed by atoms with Gasteiger partial charge in [0, 0.05) is 0 Å². The Hall–Kier alpha value is -0.417. The SMILES string of the molecule is CC1=[C]([Ru][C]2=CC=CCCC2)CC=C1. The van der Waals surface area contributed by atoms with Crippen LogP contribution in [0.4, 0.5) is 0 Å². The Bertz CT molecular complexity index is 329. The number of hydrogen-bond acceptors (Lipinski definition) is 0. The molecule has 0 aromatic heterocycles. The third-order valence-corrected chi connectivity index (χ3v) is 5.33. The van der Waals surface area contributed by atoms with Crippen LogP contribution in [-0.2, 0) is 17.1 Å². The third kappa shape index (κ3) is 2.54. The molecule has 0 spiro atoms. The monoisotopic (exact) mass is 274 g/mol. The summed E-state index contributed by atoms with van der Waals surface area (Å²) < 4.78 is 3.41. The topological polar surface area (TPSA) is 0 Å². The Labute approximate surface area is 94.1 Å². The molecule has 76 valence electrons. The van der Waals surface area contributed by atoms with Gasteiger partial charge >= 0.3 is 94.0 Å². The first-order valence-corrected chi connectivity index (χ1v) is 6.94. The van der Waals surface area contributed by atoms with E-state index in [-0.39, 0.29) is 0 Å². The van der Waals surface area contributed by atoms with Crippen LogP contribution in [0.15, 0.2) is 44.3 Å². The first-order chi connectivity index (χ1) is 6.86. The summed E-state index contributed by atoms with van der Waals surface area (Å²) in [7, 11) is 0. The number of hydrogen-bond donors (Lipinski definition) is 0. The molecule has 0 aromatic carbocycles. The van der Waals surface area contributed by atoms with Gasteiger partial charge in [0.1, 0.15) is 0 Å². The zero-order chi connectivity index (χ0) is 9.80. The molecule has 0 radical (unpaired) electrons. The standard InChI is InChI=1S/C7H9.C6H7.Ru/c1-2-4-6-7-5-3-1;1-6-4-2-3-5-6;/h1-3H,4,6-7H2;2,4H,3H2,1H3;. The van der Waals surface area contributed by atoms with Crippen LogP contribution in [0, 0.1) is 0 Å². The van der Waals surface area contributed by atoms with Gasteiger partial charge < -0.3 is 0 Å². The van der Waals surface area contributed by atoms with Crippen LogP contribution in [0.1, 0.15) is 32.6 Å². The first kappa shape index (κ1) is 10.1. The summed E-state index contributed by atoms with van der Waals surface area (Å²) in [5.74, 6) is 0. The van der Waals surface area contributed by atoms with Gasteiger partial charge in [0.05, 0.1) is 0 Å². The van der Waals surface area contributed by atoms with Crippen LogP contribution >= 0.6 is 0 Å². The predicted octanol–water partition coefficient (Wildman–Crippen LogP) is 3.93. The van der Waals surface area contributed by atoms with E-state index in [1.165, 1.54) is 31.3 Å². The molecular weight excluding hydrogens is 257 g/mol. The van der Waals surface area contributed by atoms with Gasteiger partial charge in [0.25, 0.3) is 0 Å². The minimum atomic E-state index is 0.356. The summed E-state index contributed by atoms with van der Waals surface area (Å²) >= 11 is 0.356. The Balaban J connectivity index is 2.01. The molecule has 0 aromatic rings. The molecular formula is C13H16Ru. The molecule has 0 saturated carbocycles. The van der Waals surface area contributed by atoms with E-state index in [0.29, 0.717) is 17.1 Å². The zero-order valence-corrected chi connectivity index (χ0v) is 10.3. The van der Waals surface area contributed by atoms with Crippen molar-refractivity contribution in [2.24, 2.45) is 0 Å². The van der Waals surface area contributed by atoms with Crippen molar-refractivity contribution in [3.63, 3.8) is 0 Å². The minimum absolute atomic E-state index is 0.356. The van der Waals surface area contributed by atoms with Gasteiger partial charge in [-0.1, -0.05) is 0 Å². The van der Waals surface area contributed by atoms with Crippen LogP contribution in [0.5, 0.6) is 0 Å². The maximum absolute atomic E-state index is 2.35. The molecule has 0 unspecified atom stereocenters. The van der Waals surface area contributed by atoms with Gasteiger partial charge in [0.15, 0.2) is 0 Å². The van der Waals surface area contributed by atoms with E-state index in [1.54, 1.807) is 8.33 Å². The molecule has 2 aliphatic carbocycles. The average Bonchev–Trinajstić information content (AvgIpc) is 2.44. The van der Waals surface area contributed by atoms with Gasteiger partial charge in [0.2, 0.25) is 0 Å². The van der Waals surface area contributed by atoms with Gasteiger partial charge in [-0.2, -0.15) is 0 Å². The third-order valence-electron chi connectivity index (χ3n) is 2.49. The van der Waals surface area contributed by atoms with Crippen LogP contribution < -0.4 is 0 Å². The molecule has 0 nitrogen and oxygen atoms in total. The Kier molecular flexibility index (Phi) is 3.53. The first-order valence-electron chi connectivity index (χ1n) is 5.20. The van der Waals surface area contributed by atoms with Gasteiger partial charge in [-0.25, -0.2) is 0 Å². The second kappa shape index (κ2) is 4.89. The summed E-state index contributed by atoms with van der Waals surface area (Å²) in [6.07, 6.45) is 16.6. The van der Waals surface area contributed by atoms with Crippen LogP contribution in [-0.4, -0.2) is 0 Å². The Morgan fingerprint density at radius 2 is 2.21 bits per heavy atom. The molecule has 0 N–H and O–H groups in total. The fraction of sp³-hybridized carbons (Fsp3) is 0.385. The Morgan fingerprint density at radius 3 is 3.00 bits per heavy atom. The van der Waals surface area contributed by atoms with Crippen molar-refractivity contribution < 1.29 is 17.1 Å². The van der Waals surface area contributed by atoms with Gasteiger partial charge in [-0.05, 0) is 0 Å². The molecule has 2 aliphatic rings. The van der Waals surface area contributed by atoms with E-state index in [9.17, 15) is 0 Å². The van der Waals surface area contributed by atoms with E-state index >= 15 is 0 Å². The average molecular weight is 273 g/mol. The normalized spacial score (nSPS) is 21.6. The van der Waals surface area contributed by atoms with Crippen LogP contribution in [0.25, 0.3) is 0 Å². The van der Waals surface area contributed by atoms with Crippen molar-refractivity contribution >= 4 is 0 Å². The van der Waals surface area contributed by atoms with E-state index in [0.717, 1.165) is 0 Å². The van der Waals surface area contributed by atoms with Crippen molar-refractivity contribution in [3.8, 4) is 0 Å². The molecule has 2 rings (SSSR count). The number of rotatable bonds is 2. The summed E-state index contributed by atoms with van der Waals surface area (Å²) in [6, 6.07) is 0. The fourth-order valence-corrected chi connectivity index (χ4v) is 4.02. The van der Waals surface area contributed by atoms with Crippen LogP contribution in [0.3, 0.4) is 0 Å². The molecule has 0 heterocycles. The Morgan fingerprint density at radius 1 is 1.29 bits per heavy atom. The predicted molar refractivity (Wildman–Crippen MR) is 57.5 cm³/mol. The summed E-state index contributed by atoms with van der Waals surface area (Å²) in [4.78, 5) is 0. The molecule has 0 amide bonds. The second-order valence-corrected chi connectivity index (χ2v) is 6.29. The summed E-state index contributed by atoms with van der Waals surface area (Å²) in [5.41, 5.74) is 1.53. The summed E-state index contributed by atoms with van der Waals surface area (Å²) in [6.45, 7) is 2.25. The quantitative estimate of drug-likeness (QED) is 0.669. The zero-order valence-electron chi connectivity index (χ0n) is 8.57. The molecule has 1 heteroatoms. The molecule has 0 aliphatic heterocycles. The molecule has 0 atom stereocenters. The van der Waals surface area contributed by atoms with Crippen molar-refractivity contribution in [1.82, 2.24) is 0 Å². The molecule has 14 heavy (non-hydrogen) atoms. The second-order valence-electron chi connectivity index (χ2n) is 3.69. The molecule has 0 fully saturated rings. The van der Waals surface area contributed by atoms with E-state index in [1.807, 2.05) is 0 Å². The molecule has 0 saturated heterocycles. The van der Waals surface area contributed by atoms with Crippen molar-refractivity contribution in [3.05, 3.63) is 44.3 Å². The van der Waals surface area contributed by atoms with Crippen molar-refractivity contribution in [2.45, 2.75) is 32.6 Å².